The van der Waals surface area contributed by atoms with Gasteiger partial charge in [-0.25, -0.2) is 0 Å². The van der Waals surface area contributed by atoms with Gasteiger partial charge >= 0.3 is 0 Å². The maximum absolute atomic E-state index is 15.3. The second-order valence-electron chi connectivity index (χ2n) is 15.1. The molecule has 1 aromatic carbocycles. The molecule has 1 heterocycles. The van der Waals surface area contributed by atoms with Gasteiger partial charge in [0.2, 0.25) is 0 Å². The van der Waals surface area contributed by atoms with Crippen LogP contribution in [0.15, 0.2) is 64.5 Å². The van der Waals surface area contributed by atoms with Crippen molar-refractivity contribution in [3.8, 4) is 11.5 Å². The molecule has 4 atom stereocenters. The van der Waals surface area contributed by atoms with E-state index in [1.165, 1.54) is 29.3 Å². The van der Waals surface area contributed by atoms with Gasteiger partial charge in [-0.15, -0.1) is 0 Å². The maximum Gasteiger partial charge on any atom is 0.200 e. The highest BCUT2D eigenvalue weighted by Gasteiger charge is 2.74. The van der Waals surface area contributed by atoms with Gasteiger partial charge in [-0.05, 0) is 117 Å². The summed E-state index contributed by atoms with van der Waals surface area (Å²) < 4.78 is 6.81. The summed E-state index contributed by atoms with van der Waals surface area (Å²) in [6, 6.07) is 3.81. The molecular weight excluding hydrogens is 552 g/mol. The smallest absolute Gasteiger partial charge is 0.200 e. The second kappa shape index (κ2) is 11.5. The molecule has 0 amide bonds. The predicted molar refractivity (Wildman–Crippen MR) is 173 cm³/mol. The molecule has 44 heavy (non-hydrogen) atoms. The predicted octanol–water partition coefficient (Wildman–Crippen LogP) is 8.59. The molecule has 1 saturated carbocycles. The van der Waals surface area contributed by atoms with Gasteiger partial charge in [0.25, 0.3) is 0 Å². The van der Waals surface area contributed by atoms with Gasteiger partial charge < -0.3 is 14.9 Å². The summed E-state index contributed by atoms with van der Waals surface area (Å²) in [4.78, 5) is 44.9. The number of allylic oxidation sites excluding steroid dienone is 8. The zero-order valence-corrected chi connectivity index (χ0v) is 28.2. The lowest BCUT2D eigenvalue weighted by Crippen LogP contribution is -2.69. The van der Waals surface area contributed by atoms with Crippen LogP contribution in [0.5, 0.6) is 11.5 Å². The molecular formula is C38H50O6. The minimum absolute atomic E-state index is 0.0251. The third kappa shape index (κ3) is 5.28. The Labute approximate surface area is 263 Å². The van der Waals surface area contributed by atoms with Crippen LogP contribution in [0.3, 0.4) is 0 Å². The van der Waals surface area contributed by atoms with Crippen LogP contribution in [0.25, 0.3) is 0 Å². The van der Waals surface area contributed by atoms with Crippen LogP contribution in [0.1, 0.15) is 112 Å². The summed E-state index contributed by atoms with van der Waals surface area (Å²) >= 11 is 0. The van der Waals surface area contributed by atoms with E-state index in [0.717, 1.165) is 5.57 Å². The van der Waals surface area contributed by atoms with E-state index in [-0.39, 0.29) is 46.7 Å². The Hall–Kier alpha value is -3.41. The largest absolute Gasteiger partial charge is 0.504 e. The van der Waals surface area contributed by atoms with Crippen molar-refractivity contribution in [2.24, 2.45) is 28.1 Å². The first kappa shape index (κ1) is 33.5. The van der Waals surface area contributed by atoms with E-state index in [1.54, 1.807) is 0 Å². The Kier molecular flexibility index (Phi) is 8.75. The Bertz CT molecular complexity index is 1500. The highest BCUT2D eigenvalue weighted by Crippen LogP contribution is 2.69. The van der Waals surface area contributed by atoms with Crippen LogP contribution in [0.4, 0.5) is 0 Å². The first-order valence-corrected chi connectivity index (χ1v) is 15.8. The lowest BCUT2D eigenvalue weighted by atomic mass is 9.39. The number of ether oxygens (including phenoxy) is 1. The Morgan fingerprint density at radius 2 is 1.39 bits per heavy atom. The molecule has 6 heteroatoms. The van der Waals surface area contributed by atoms with E-state index in [2.05, 4.69) is 39.8 Å². The summed E-state index contributed by atoms with van der Waals surface area (Å²) in [5.41, 5.74) is -0.866. The number of hydrogen-bond donors (Lipinski definition) is 2. The number of benzene rings is 1. The molecule has 4 rings (SSSR count). The number of phenols is 2. The molecule has 0 aromatic heterocycles. The molecule has 1 spiro atoms. The number of aromatic hydroxyl groups is 2. The minimum atomic E-state index is -1.48. The quantitative estimate of drug-likeness (QED) is 0.102. The average Bonchev–Trinajstić information content (AvgIpc) is 2.91. The van der Waals surface area contributed by atoms with E-state index in [1.807, 2.05) is 47.6 Å². The molecule has 2 N–H and O–H groups in total. The van der Waals surface area contributed by atoms with Gasteiger partial charge in [0, 0.05) is 11.5 Å². The summed E-state index contributed by atoms with van der Waals surface area (Å²) in [6.45, 7) is 20.1. The third-order valence-electron chi connectivity index (χ3n) is 10.7. The lowest BCUT2D eigenvalue weighted by Gasteiger charge is -2.64. The van der Waals surface area contributed by atoms with Crippen molar-refractivity contribution in [1.29, 1.82) is 0 Å². The maximum atomic E-state index is 15.3. The van der Waals surface area contributed by atoms with Crippen molar-refractivity contribution in [2.75, 3.05) is 0 Å². The van der Waals surface area contributed by atoms with Gasteiger partial charge in [0.1, 0.15) is 22.3 Å². The van der Waals surface area contributed by atoms with Gasteiger partial charge in [0.05, 0.1) is 5.41 Å². The fourth-order valence-electron chi connectivity index (χ4n) is 7.72. The summed E-state index contributed by atoms with van der Waals surface area (Å²) in [6.07, 6.45) is 8.89. The topological polar surface area (TPSA) is 101 Å². The molecule has 1 saturated heterocycles. The van der Waals surface area contributed by atoms with Crippen molar-refractivity contribution in [1.82, 2.24) is 0 Å². The molecule has 1 aliphatic heterocycles. The number of carbonyl (C=O) groups excluding carboxylic acids is 3. The number of Topliss-reactive ketones (excluding diaryl/α,β-unsaturated/α-hetero) is 3. The number of hydrogen-bond acceptors (Lipinski definition) is 6. The second-order valence-corrected chi connectivity index (χ2v) is 15.1. The standard InChI is InChI=1S/C38H50O6/c1-22(2)11-14-26-20-37-21-27(15-12-23(3)4)36(9,10)44-33(37)30(31(41)25-13-16-28(39)29(40)19-25)32(42)38(34(37)43,35(26,7)8)18-17-24(5)6/h11-13,16-17,19,26-27,39-40H,14-15,18,20-21H2,1-10H3/t26-,27-,37-,38-/m0/s1. The Morgan fingerprint density at radius 1 is 0.841 bits per heavy atom. The first-order chi connectivity index (χ1) is 20.3. The normalized spacial score (nSPS) is 28.4. The average molecular weight is 603 g/mol. The van der Waals surface area contributed by atoms with Crippen molar-refractivity contribution in [3.63, 3.8) is 0 Å². The first-order valence-electron chi connectivity index (χ1n) is 15.8. The number of ketones is 3. The summed E-state index contributed by atoms with van der Waals surface area (Å²) in [5, 5.41) is 20.2. The zero-order chi connectivity index (χ0) is 33.0. The lowest BCUT2D eigenvalue weighted by molar-refractivity contribution is -0.188. The third-order valence-corrected chi connectivity index (χ3v) is 10.7. The van der Waals surface area contributed by atoms with E-state index in [0.29, 0.717) is 25.7 Å². The SMILES string of the molecule is CC(C)=CC[C@H]1C[C@@]23C[C@H](CC=C(C)C)C(C)(C)[C@@](CC=C(C)C)(C(=O)C(C(=O)c4ccc(O)c(O)c4)=C2OC1(C)C)C3=O. The van der Waals surface area contributed by atoms with Crippen LogP contribution in [0, 0.1) is 28.1 Å². The summed E-state index contributed by atoms with van der Waals surface area (Å²) in [5.74, 6) is -1.93. The number of carbonyl (C=O) groups is 3. The van der Waals surface area contributed by atoms with E-state index < -0.39 is 39.2 Å². The van der Waals surface area contributed by atoms with E-state index in [4.69, 9.17) is 4.74 Å². The van der Waals surface area contributed by atoms with Crippen molar-refractivity contribution < 1.29 is 29.3 Å². The molecule has 238 valence electrons. The Morgan fingerprint density at radius 3 is 1.93 bits per heavy atom. The number of rotatable bonds is 8. The molecule has 0 radical (unpaired) electrons. The van der Waals surface area contributed by atoms with Crippen molar-refractivity contribution in [2.45, 2.75) is 107 Å². The van der Waals surface area contributed by atoms with E-state index >= 15 is 9.59 Å². The van der Waals surface area contributed by atoms with Crippen molar-refractivity contribution >= 4 is 17.3 Å². The van der Waals surface area contributed by atoms with Crippen LogP contribution in [-0.2, 0) is 14.3 Å². The molecule has 0 unspecified atom stereocenters. The van der Waals surface area contributed by atoms with Crippen LogP contribution < -0.4 is 0 Å². The van der Waals surface area contributed by atoms with Crippen LogP contribution in [0.2, 0.25) is 0 Å². The van der Waals surface area contributed by atoms with Crippen LogP contribution in [-0.4, -0.2) is 33.2 Å². The molecule has 2 fully saturated rings. The van der Waals surface area contributed by atoms with Crippen LogP contribution >= 0.6 is 0 Å². The van der Waals surface area contributed by atoms with Gasteiger partial charge in [-0.2, -0.15) is 0 Å². The summed E-state index contributed by atoms with van der Waals surface area (Å²) in [7, 11) is 0. The Balaban J connectivity index is 2.10. The van der Waals surface area contributed by atoms with Gasteiger partial charge in [-0.3, -0.25) is 14.4 Å². The molecule has 1 aromatic rings. The molecule has 2 bridgehead atoms. The molecule has 2 aliphatic carbocycles. The molecule has 6 nitrogen and oxygen atoms in total. The highest BCUT2D eigenvalue weighted by molar-refractivity contribution is 6.35. The molecule has 3 aliphatic rings. The van der Waals surface area contributed by atoms with Gasteiger partial charge in [0.15, 0.2) is 28.8 Å². The zero-order valence-electron chi connectivity index (χ0n) is 28.2. The van der Waals surface area contributed by atoms with E-state index in [9.17, 15) is 15.0 Å². The number of fused-ring (bicyclic) bond motifs is 1. The highest BCUT2D eigenvalue weighted by atomic mass is 16.5. The van der Waals surface area contributed by atoms with Gasteiger partial charge in [-0.1, -0.05) is 48.8 Å². The fourth-order valence-corrected chi connectivity index (χ4v) is 7.72. The van der Waals surface area contributed by atoms with Crippen molar-refractivity contribution in [3.05, 3.63) is 70.0 Å². The fraction of sp³-hybridized carbons (Fsp3) is 0.553. The monoisotopic (exact) mass is 602 g/mol. The number of phenolic OH excluding ortho intramolecular Hbond substituents is 2. The minimum Gasteiger partial charge on any atom is -0.504 e.